The Morgan fingerprint density at radius 1 is 0.900 bits per heavy atom. The van der Waals surface area contributed by atoms with Crippen molar-refractivity contribution in [3.63, 3.8) is 0 Å². The van der Waals surface area contributed by atoms with Crippen LogP contribution >= 0.6 is 0 Å². The molecule has 1 aliphatic carbocycles. The number of nitrogens with one attached hydrogen (secondary N) is 3. The highest BCUT2D eigenvalue weighted by Gasteiger charge is 2.28. The third-order valence-corrected chi connectivity index (χ3v) is 11.9. The van der Waals surface area contributed by atoms with E-state index in [1.807, 2.05) is 38.1 Å². The van der Waals surface area contributed by atoms with Crippen LogP contribution in [0.3, 0.4) is 0 Å². The van der Waals surface area contributed by atoms with Crippen LogP contribution in [-0.4, -0.2) is 104 Å². The molecule has 3 aromatic heterocycles. The van der Waals surface area contributed by atoms with E-state index in [9.17, 15) is 14.0 Å². The standard InChI is InChI=1S/C46H56FN9O4/c1-28-17-31(4)56-43(51-28)42(22-49-56)45(58)53-38-12-10-37(11-13-38)52-44(57)41-20-36(47)21-48-46(41)60-39-8-6-7-34(19-39)40-14-9-33(25-54-23-29(2)50-30(3)24-54)18-35(40)26-55-15-16-59-27-32(55)5/h6-9,14,17-22,29-30,32,37-38,50H,10-13,15-16,23-27H2,1-5H3,(H,52,57)(H,53,58)/t29-,30+,32-,37-,38+/m0/s1. The first kappa shape index (κ1) is 41.5. The number of pyridine rings is 1. The fourth-order valence-corrected chi connectivity index (χ4v) is 9.05. The molecule has 3 atom stereocenters. The first-order valence-corrected chi connectivity index (χ1v) is 21.2. The van der Waals surface area contributed by atoms with Crippen LogP contribution < -0.4 is 20.7 Å². The lowest BCUT2D eigenvalue weighted by atomic mass is 9.91. The maximum absolute atomic E-state index is 14.7. The summed E-state index contributed by atoms with van der Waals surface area (Å²) in [7, 11) is 0. The van der Waals surface area contributed by atoms with Gasteiger partial charge in [-0.25, -0.2) is 18.9 Å². The smallest absolute Gasteiger partial charge is 0.257 e. The van der Waals surface area contributed by atoms with Gasteiger partial charge in [0.1, 0.15) is 22.7 Å². The number of ether oxygens (including phenoxy) is 2. The number of aryl methyl sites for hydroxylation is 2. The third-order valence-electron chi connectivity index (χ3n) is 11.9. The number of benzene rings is 2. The van der Waals surface area contributed by atoms with Crippen LogP contribution in [0.15, 0.2) is 67.0 Å². The number of halogens is 1. The Bertz CT molecular complexity index is 2330. The zero-order valence-corrected chi connectivity index (χ0v) is 35.2. The molecule has 2 aromatic carbocycles. The molecule has 2 amide bonds. The van der Waals surface area contributed by atoms with Gasteiger partial charge in [0.25, 0.3) is 11.8 Å². The fraction of sp³-hybridized carbons (Fsp3) is 0.457. The van der Waals surface area contributed by atoms with Crippen molar-refractivity contribution >= 4 is 17.5 Å². The van der Waals surface area contributed by atoms with E-state index in [0.717, 1.165) is 61.4 Å². The Morgan fingerprint density at radius 2 is 1.63 bits per heavy atom. The van der Waals surface area contributed by atoms with Gasteiger partial charge in [-0.3, -0.25) is 19.4 Å². The molecule has 316 valence electrons. The number of piperazine rings is 1. The molecule has 14 heteroatoms. The molecule has 0 spiro atoms. The Hall–Kier alpha value is -5.28. The van der Waals surface area contributed by atoms with Gasteiger partial charge >= 0.3 is 0 Å². The van der Waals surface area contributed by atoms with E-state index in [0.29, 0.717) is 74.0 Å². The summed E-state index contributed by atoms with van der Waals surface area (Å²) in [5.74, 6) is -0.803. The van der Waals surface area contributed by atoms with Crippen molar-refractivity contribution in [2.24, 2.45) is 0 Å². The minimum atomic E-state index is -0.632. The van der Waals surface area contributed by atoms with E-state index in [4.69, 9.17) is 9.47 Å². The van der Waals surface area contributed by atoms with Gasteiger partial charge < -0.3 is 25.4 Å². The normalized spacial score (nSPS) is 22.7. The molecule has 13 nitrogen and oxygen atoms in total. The largest absolute Gasteiger partial charge is 0.438 e. The SMILES string of the molecule is Cc1cc(C)n2ncc(C(=O)N[C@H]3CC[C@@H](NC(=O)c4cc(F)cnc4Oc4cccc(-c5ccc(CN6C[C@@H](C)N[C@@H](C)C6)cc5CN5CCOC[C@@H]5C)c4)CC3)c2n1. The third kappa shape index (κ3) is 9.68. The van der Waals surface area contributed by atoms with Gasteiger partial charge in [0.2, 0.25) is 5.88 Å². The zero-order valence-electron chi connectivity index (χ0n) is 35.2. The highest BCUT2D eigenvalue weighted by atomic mass is 19.1. The topological polar surface area (TPSA) is 138 Å². The summed E-state index contributed by atoms with van der Waals surface area (Å²) in [5.41, 5.74) is 7.27. The number of fused-ring (bicyclic) bond motifs is 1. The Balaban J connectivity index is 0.943. The van der Waals surface area contributed by atoms with Crippen LogP contribution in [0.4, 0.5) is 4.39 Å². The van der Waals surface area contributed by atoms with Crippen molar-refractivity contribution in [2.45, 2.75) is 104 Å². The lowest BCUT2D eigenvalue weighted by Crippen LogP contribution is -2.53. The van der Waals surface area contributed by atoms with Crippen LogP contribution in [0, 0.1) is 19.7 Å². The highest BCUT2D eigenvalue weighted by molar-refractivity contribution is 6.00. The van der Waals surface area contributed by atoms with Gasteiger partial charge in [0.15, 0.2) is 5.65 Å². The van der Waals surface area contributed by atoms with Crippen LogP contribution in [0.5, 0.6) is 11.6 Å². The van der Waals surface area contributed by atoms with Crippen molar-refractivity contribution in [3.05, 3.63) is 106 Å². The lowest BCUT2D eigenvalue weighted by Gasteiger charge is -2.36. The van der Waals surface area contributed by atoms with E-state index < -0.39 is 11.7 Å². The maximum Gasteiger partial charge on any atom is 0.257 e. The number of morpholine rings is 1. The molecular weight excluding hydrogens is 762 g/mol. The molecule has 2 saturated heterocycles. The summed E-state index contributed by atoms with van der Waals surface area (Å²) in [5, 5.41) is 14.2. The van der Waals surface area contributed by atoms with E-state index >= 15 is 0 Å². The Morgan fingerprint density at radius 3 is 2.37 bits per heavy atom. The van der Waals surface area contributed by atoms with Gasteiger partial charge in [0.05, 0.1) is 25.6 Å². The number of carbonyl (C=O) groups is 2. The number of hydrogen-bond donors (Lipinski definition) is 3. The number of hydrogen-bond acceptors (Lipinski definition) is 10. The van der Waals surface area contributed by atoms with E-state index in [-0.39, 0.29) is 29.4 Å². The number of amides is 2. The summed E-state index contributed by atoms with van der Waals surface area (Å²) in [6.45, 7) is 16.5. The molecule has 3 N–H and O–H groups in total. The van der Waals surface area contributed by atoms with Crippen molar-refractivity contribution in [3.8, 4) is 22.8 Å². The molecule has 2 aliphatic heterocycles. The monoisotopic (exact) mass is 817 g/mol. The zero-order chi connectivity index (χ0) is 41.9. The van der Waals surface area contributed by atoms with Gasteiger partial charge in [-0.1, -0.05) is 30.3 Å². The second-order valence-electron chi connectivity index (χ2n) is 17.0. The van der Waals surface area contributed by atoms with Crippen molar-refractivity contribution in [1.29, 1.82) is 0 Å². The average molecular weight is 818 g/mol. The molecule has 3 aliphatic rings. The summed E-state index contributed by atoms with van der Waals surface area (Å²) < 4.78 is 28.4. The quantitative estimate of drug-likeness (QED) is 0.141. The fourth-order valence-electron chi connectivity index (χ4n) is 9.05. The van der Waals surface area contributed by atoms with E-state index in [1.165, 1.54) is 17.2 Å². The van der Waals surface area contributed by atoms with Gasteiger partial charge in [-0.15, -0.1) is 0 Å². The first-order valence-electron chi connectivity index (χ1n) is 21.2. The van der Waals surface area contributed by atoms with Gasteiger partial charge in [-0.2, -0.15) is 5.10 Å². The first-order chi connectivity index (χ1) is 28.9. The molecule has 0 bridgehead atoms. The number of carbonyl (C=O) groups excluding carboxylic acids is 2. The minimum Gasteiger partial charge on any atom is -0.438 e. The van der Waals surface area contributed by atoms with Crippen LogP contribution in [0.25, 0.3) is 16.8 Å². The minimum absolute atomic E-state index is 0.0184. The van der Waals surface area contributed by atoms with E-state index in [1.54, 1.807) is 10.7 Å². The highest BCUT2D eigenvalue weighted by Crippen LogP contribution is 2.33. The maximum atomic E-state index is 14.7. The van der Waals surface area contributed by atoms with E-state index in [2.05, 4.69) is 85.9 Å². The summed E-state index contributed by atoms with van der Waals surface area (Å²) in [6.07, 6.45) is 5.23. The number of aromatic nitrogens is 4. The molecular formula is C46H56FN9O4. The molecule has 0 radical (unpaired) electrons. The molecule has 3 fully saturated rings. The average Bonchev–Trinajstić information content (AvgIpc) is 3.64. The van der Waals surface area contributed by atoms with Crippen LogP contribution in [0.1, 0.15) is 89.7 Å². The second kappa shape index (κ2) is 18.1. The molecule has 5 heterocycles. The predicted molar refractivity (Wildman–Crippen MR) is 228 cm³/mol. The second-order valence-corrected chi connectivity index (χ2v) is 17.0. The molecule has 8 rings (SSSR count). The van der Waals surface area contributed by atoms with Crippen LogP contribution in [-0.2, 0) is 17.8 Å². The molecule has 0 unspecified atom stereocenters. The van der Waals surface area contributed by atoms with Gasteiger partial charge in [-0.05, 0) is 107 Å². The Kier molecular flexibility index (Phi) is 12.5. The number of rotatable bonds is 11. The van der Waals surface area contributed by atoms with Crippen molar-refractivity contribution in [2.75, 3.05) is 32.8 Å². The summed E-state index contributed by atoms with van der Waals surface area (Å²) in [4.78, 5) is 40.7. The van der Waals surface area contributed by atoms with Crippen molar-refractivity contribution in [1.82, 2.24) is 45.3 Å². The molecule has 60 heavy (non-hydrogen) atoms. The number of nitrogens with zero attached hydrogens (tertiary/aromatic N) is 6. The van der Waals surface area contributed by atoms with Crippen LogP contribution in [0.2, 0.25) is 0 Å². The summed E-state index contributed by atoms with van der Waals surface area (Å²) in [6, 6.07) is 18.6. The molecule has 1 saturated carbocycles. The molecule has 5 aromatic rings. The summed E-state index contributed by atoms with van der Waals surface area (Å²) >= 11 is 0. The lowest BCUT2D eigenvalue weighted by molar-refractivity contribution is -0.00431. The van der Waals surface area contributed by atoms with Gasteiger partial charge in [0, 0.05) is 74.3 Å². The van der Waals surface area contributed by atoms with Crippen molar-refractivity contribution < 1.29 is 23.5 Å². The Labute approximate surface area is 351 Å². The predicted octanol–water partition coefficient (Wildman–Crippen LogP) is 6.21.